The van der Waals surface area contributed by atoms with Gasteiger partial charge in [0.05, 0.1) is 0 Å². The molecule has 18 heavy (non-hydrogen) atoms. The normalized spacial score (nSPS) is 33.1. The van der Waals surface area contributed by atoms with Crippen LogP contribution >= 0.6 is 0 Å². The summed E-state index contributed by atoms with van der Waals surface area (Å²) in [5, 5.41) is 0. The molecule has 1 spiro atoms. The van der Waals surface area contributed by atoms with Crippen molar-refractivity contribution in [3.63, 3.8) is 0 Å². The first-order chi connectivity index (χ1) is 8.51. The number of hydrogen-bond acceptors (Lipinski definition) is 2. The number of nitrogens with zero attached hydrogens (tertiary/aromatic N) is 2. The van der Waals surface area contributed by atoms with Gasteiger partial charge >= 0.3 is 0 Å². The fraction of sp³-hybridized carbons (Fsp3) is 0.875. The van der Waals surface area contributed by atoms with Crippen LogP contribution in [0.3, 0.4) is 0 Å². The lowest BCUT2D eigenvalue weighted by Gasteiger charge is -2.47. The van der Waals surface area contributed by atoms with E-state index in [-0.39, 0.29) is 0 Å². The first-order valence-electron chi connectivity index (χ1n) is 7.53. The molecule has 0 aromatic rings. The van der Waals surface area contributed by atoms with Gasteiger partial charge in [0.25, 0.3) is 0 Å². The SMILES string of the molecule is CC(C)C1CC2(CCN(C/C=C/CN(C)C)C2)C1. The lowest BCUT2D eigenvalue weighted by molar-refractivity contribution is 0.0351. The van der Waals surface area contributed by atoms with Crippen LogP contribution in [0.1, 0.15) is 33.1 Å². The molecule has 104 valence electrons. The molecule has 0 radical (unpaired) electrons. The van der Waals surface area contributed by atoms with Gasteiger partial charge < -0.3 is 4.90 Å². The van der Waals surface area contributed by atoms with Gasteiger partial charge in [0.15, 0.2) is 0 Å². The first kappa shape index (κ1) is 14.1. The van der Waals surface area contributed by atoms with Crippen LogP contribution < -0.4 is 0 Å². The van der Waals surface area contributed by atoms with E-state index in [4.69, 9.17) is 0 Å². The van der Waals surface area contributed by atoms with Crippen molar-refractivity contribution in [2.45, 2.75) is 33.1 Å². The number of rotatable bonds is 5. The van der Waals surface area contributed by atoms with Gasteiger partial charge in [-0.15, -0.1) is 0 Å². The van der Waals surface area contributed by atoms with E-state index in [0.29, 0.717) is 5.41 Å². The molecule has 1 saturated carbocycles. The van der Waals surface area contributed by atoms with Crippen molar-refractivity contribution in [1.82, 2.24) is 9.80 Å². The van der Waals surface area contributed by atoms with Gasteiger partial charge in [-0.1, -0.05) is 26.0 Å². The Morgan fingerprint density at radius 1 is 1.28 bits per heavy atom. The van der Waals surface area contributed by atoms with E-state index in [1.807, 2.05) is 0 Å². The zero-order valence-electron chi connectivity index (χ0n) is 12.7. The van der Waals surface area contributed by atoms with E-state index in [2.05, 4.69) is 49.9 Å². The van der Waals surface area contributed by atoms with Crippen molar-refractivity contribution in [2.24, 2.45) is 17.3 Å². The van der Waals surface area contributed by atoms with Crippen molar-refractivity contribution in [3.8, 4) is 0 Å². The third kappa shape index (κ3) is 3.36. The van der Waals surface area contributed by atoms with Crippen LogP contribution in [-0.4, -0.2) is 50.1 Å². The summed E-state index contributed by atoms with van der Waals surface area (Å²) >= 11 is 0. The molecule has 0 aromatic carbocycles. The maximum Gasteiger partial charge on any atom is 0.0163 e. The second kappa shape index (κ2) is 5.75. The van der Waals surface area contributed by atoms with Crippen molar-refractivity contribution >= 4 is 0 Å². The summed E-state index contributed by atoms with van der Waals surface area (Å²) in [5.74, 6) is 1.90. The Bertz CT molecular complexity index is 287. The smallest absolute Gasteiger partial charge is 0.0163 e. The molecule has 0 atom stereocenters. The molecule has 1 saturated heterocycles. The van der Waals surface area contributed by atoms with Crippen LogP contribution in [0, 0.1) is 17.3 Å². The third-order valence-corrected chi connectivity index (χ3v) is 4.85. The Balaban J connectivity index is 1.68. The molecule has 0 N–H and O–H groups in total. The quantitative estimate of drug-likeness (QED) is 0.692. The molecule has 2 rings (SSSR count). The largest absolute Gasteiger partial charge is 0.306 e. The predicted molar refractivity (Wildman–Crippen MR) is 78.7 cm³/mol. The molecule has 1 aliphatic carbocycles. The van der Waals surface area contributed by atoms with Crippen LogP contribution in [0.25, 0.3) is 0 Å². The standard InChI is InChI=1S/C16H30N2/c1-14(2)15-11-16(12-15)7-10-18(13-16)9-6-5-8-17(3)4/h5-6,14-15H,7-13H2,1-4H3/b6-5+. The van der Waals surface area contributed by atoms with Gasteiger partial charge in [-0.25, -0.2) is 0 Å². The van der Waals surface area contributed by atoms with E-state index in [1.54, 1.807) is 0 Å². The Kier molecular flexibility index (Phi) is 4.50. The van der Waals surface area contributed by atoms with E-state index in [9.17, 15) is 0 Å². The first-order valence-corrected chi connectivity index (χ1v) is 7.53. The summed E-state index contributed by atoms with van der Waals surface area (Å²) in [6.07, 6.45) is 9.06. The van der Waals surface area contributed by atoms with Crippen molar-refractivity contribution in [1.29, 1.82) is 0 Å². The summed E-state index contributed by atoms with van der Waals surface area (Å²) in [4.78, 5) is 4.85. The summed E-state index contributed by atoms with van der Waals surface area (Å²) in [5.41, 5.74) is 0.713. The van der Waals surface area contributed by atoms with Gasteiger partial charge in [-0.05, 0) is 57.2 Å². The zero-order chi connectivity index (χ0) is 13.2. The molecule has 2 aliphatic rings. The van der Waals surface area contributed by atoms with Gasteiger partial charge in [0, 0.05) is 19.6 Å². The Morgan fingerprint density at radius 2 is 2.00 bits per heavy atom. The fourth-order valence-electron chi connectivity index (χ4n) is 3.55. The minimum absolute atomic E-state index is 0.713. The van der Waals surface area contributed by atoms with Crippen molar-refractivity contribution < 1.29 is 0 Å². The van der Waals surface area contributed by atoms with Crippen LogP contribution in [-0.2, 0) is 0 Å². The average Bonchev–Trinajstić information content (AvgIpc) is 2.66. The van der Waals surface area contributed by atoms with Crippen LogP contribution in [0.5, 0.6) is 0 Å². The minimum Gasteiger partial charge on any atom is -0.306 e. The average molecular weight is 250 g/mol. The van der Waals surface area contributed by atoms with Gasteiger partial charge in [-0.3, -0.25) is 4.90 Å². The Hall–Kier alpha value is -0.340. The summed E-state index contributed by atoms with van der Waals surface area (Å²) < 4.78 is 0. The molecule has 2 heteroatoms. The van der Waals surface area contributed by atoms with E-state index in [0.717, 1.165) is 24.9 Å². The van der Waals surface area contributed by atoms with Gasteiger partial charge in [-0.2, -0.15) is 0 Å². The van der Waals surface area contributed by atoms with Gasteiger partial charge in [0.1, 0.15) is 0 Å². The molecule has 0 bridgehead atoms. The third-order valence-electron chi connectivity index (χ3n) is 4.85. The molecule has 0 aromatic heterocycles. The monoisotopic (exact) mass is 250 g/mol. The molecule has 0 unspecified atom stereocenters. The number of hydrogen-bond donors (Lipinski definition) is 0. The second-order valence-corrected chi connectivity index (χ2v) is 7.13. The van der Waals surface area contributed by atoms with E-state index < -0.39 is 0 Å². The van der Waals surface area contributed by atoms with Crippen molar-refractivity contribution in [2.75, 3.05) is 40.3 Å². The predicted octanol–water partition coefficient (Wildman–Crippen LogP) is 2.86. The molecular weight excluding hydrogens is 220 g/mol. The number of likely N-dealkylation sites (N-methyl/N-ethyl adjacent to an activating group) is 1. The van der Waals surface area contributed by atoms with Crippen molar-refractivity contribution in [3.05, 3.63) is 12.2 Å². The Labute approximate surface area is 113 Å². The summed E-state index contributed by atoms with van der Waals surface area (Å²) in [6.45, 7) is 9.65. The van der Waals surface area contributed by atoms with E-state index in [1.165, 1.54) is 32.4 Å². The molecule has 2 fully saturated rings. The molecular formula is C16H30N2. The second-order valence-electron chi connectivity index (χ2n) is 7.13. The zero-order valence-corrected chi connectivity index (χ0v) is 12.7. The highest BCUT2D eigenvalue weighted by Crippen LogP contribution is 2.53. The van der Waals surface area contributed by atoms with Crippen LogP contribution in [0.2, 0.25) is 0 Å². The molecule has 2 nitrogen and oxygen atoms in total. The fourth-order valence-corrected chi connectivity index (χ4v) is 3.55. The molecule has 0 amide bonds. The highest BCUT2D eigenvalue weighted by Gasteiger charge is 2.48. The number of likely N-dealkylation sites (tertiary alicyclic amines) is 1. The van der Waals surface area contributed by atoms with Crippen LogP contribution in [0.4, 0.5) is 0 Å². The van der Waals surface area contributed by atoms with Crippen LogP contribution in [0.15, 0.2) is 12.2 Å². The summed E-state index contributed by atoms with van der Waals surface area (Å²) in [6, 6.07) is 0. The highest BCUT2D eigenvalue weighted by molar-refractivity contribution is 5.02. The van der Waals surface area contributed by atoms with E-state index >= 15 is 0 Å². The van der Waals surface area contributed by atoms with Gasteiger partial charge in [0.2, 0.25) is 0 Å². The molecule has 1 heterocycles. The maximum atomic E-state index is 2.64. The minimum atomic E-state index is 0.713. The topological polar surface area (TPSA) is 6.48 Å². The lowest BCUT2D eigenvalue weighted by atomic mass is 9.58. The Morgan fingerprint density at radius 3 is 2.61 bits per heavy atom. The lowest BCUT2D eigenvalue weighted by Crippen LogP contribution is -2.41. The highest BCUT2D eigenvalue weighted by atomic mass is 15.2. The maximum absolute atomic E-state index is 2.64. The summed E-state index contributed by atoms with van der Waals surface area (Å²) in [7, 11) is 4.24. The molecule has 1 aliphatic heterocycles.